The van der Waals surface area contributed by atoms with E-state index in [-0.39, 0.29) is 5.78 Å². The predicted molar refractivity (Wildman–Crippen MR) is 105 cm³/mol. The van der Waals surface area contributed by atoms with Gasteiger partial charge in [-0.1, -0.05) is 37.6 Å². The molecular weight excluding hydrogens is 324 g/mol. The highest BCUT2D eigenvalue weighted by atomic mass is 16.1. The summed E-state index contributed by atoms with van der Waals surface area (Å²) in [6.07, 6.45) is 5.68. The van der Waals surface area contributed by atoms with E-state index in [0.717, 1.165) is 35.0 Å². The Morgan fingerprint density at radius 1 is 1.08 bits per heavy atom. The molecule has 0 spiro atoms. The first kappa shape index (κ1) is 17.7. The molecule has 0 amide bonds. The summed E-state index contributed by atoms with van der Waals surface area (Å²) in [6.45, 7) is 4.00. The zero-order valence-corrected chi connectivity index (χ0v) is 15.1. The van der Waals surface area contributed by atoms with E-state index < -0.39 is 0 Å². The van der Waals surface area contributed by atoms with Crippen LogP contribution in [0.25, 0.3) is 10.9 Å². The summed E-state index contributed by atoms with van der Waals surface area (Å²) in [5, 5.41) is 5.46. The standard InChI is InChI=1S/C21H22N4O/c1-3-4-12-18(26)21(19-15(2)8-6-13-22-19)25-24-17-11-5-9-16-10-7-14-23-20(16)17/h5-11,13-14,24H,3-4,12H2,1-2H3. The largest absolute Gasteiger partial charge is 0.292 e. The summed E-state index contributed by atoms with van der Waals surface area (Å²) in [5.74, 6) is -0.00524. The smallest absolute Gasteiger partial charge is 0.185 e. The highest BCUT2D eigenvalue weighted by Crippen LogP contribution is 2.21. The van der Waals surface area contributed by atoms with Crippen molar-refractivity contribution in [1.29, 1.82) is 0 Å². The van der Waals surface area contributed by atoms with E-state index in [9.17, 15) is 4.79 Å². The molecule has 0 bridgehead atoms. The number of carbonyl (C=O) groups is 1. The molecule has 0 aliphatic rings. The summed E-state index contributed by atoms with van der Waals surface area (Å²) < 4.78 is 0. The lowest BCUT2D eigenvalue weighted by molar-refractivity contribution is -0.113. The van der Waals surface area contributed by atoms with Crippen molar-refractivity contribution in [3.63, 3.8) is 0 Å². The monoisotopic (exact) mass is 346 g/mol. The lowest BCUT2D eigenvalue weighted by atomic mass is 10.0. The van der Waals surface area contributed by atoms with Crippen molar-refractivity contribution in [1.82, 2.24) is 9.97 Å². The van der Waals surface area contributed by atoms with Crippen molar-refractivity contribution >= 4 is 28.1 Å². The minimum atomic E-state index is -0.00524. The molecule has 1 aromatic carbocycles. The zero-order chi connectivity index (χ0) is 18.4. The number of nitrogens with one attached hydrogen (secondary N) is 1. The number of Topliss-reactive ketones (excluding diaryl/α,β-unsaturated/α-hetero) is 1. The molecule has 0 aliphatic heterocycles. The lowest BCUT2D eigenvalue weighted by Crippen LogP contribution is -2.19. The van der Waals surface area contributed by atoms with Gasteiger partial charge in [0.15, 0.2) is 11.5 Å². The maximum Gasteiger partial charge on any atom is 0.185 e. The molecule has 0 fully saturated rings. The molecule has 3 rings (SSSR count). The Labute approximate surface area is 153 Å². The van der Waals surface area contributed by atoms with Crippen LogP contribution < -0.4 is 5.43 Å². The number of anilines is 1. The van der Waals surface area contributed by atoms with Crippen LogP contribution in [-0.4, -0.2) is 21.5 Å². The van der Waals surface area contributed by atoms with Crippen LogP contribution in [0.5, 0.6) is 0 Å². The third-order valence-electron chi connectivity index (χ3n) is 4.18. The third kappa shape index (κ3) is 3.94. The first-order valence-corrected chi connectivity index (χ1v) is 8.83. The topological polar surface area (TPSA) is 67.2 Å². The first-order chi connectivity index (χ1) is 12.7. The Hall–Kier alpha value is -3.08. The van der Waals surface area contributed by atoms with Crippen molar-refractivity contribution in [2.45, 2.75) is 33.1 Å². The number of benzene rings is 1. The SMILES string of the molecule is CCCCC(=O)C(=NNc1cccc2cccnc12)c1ncccc1C. The fourth-order valence-electron chi connectivity index (χ4n) is 2.75. The molecule has 5 heteroatoms. The molecule has 0 atom stereocenters. The Morgan fingerprint density at radius 3 is 2.65 bits per heavy atom. The van der Waals surface area contributed by atoms with Crippen LogP contribution in [-0.2, 0) is 4.79 Å². The summed E-state index contributed by atoms with van der Waals surface area (Å²) >= 11 is 0. The molecule has 2 heterocycles. The average molecular weight is 346 g/mol. The average Bonchev–Trinajstić information content (AvgIpc) is 2.68. The minimum absolute atomic E-state index is 0.00524. The van der Waals surface area contributed by atoms with E-state index in [1.165, 1.54) is 0 Å². The van der Waals surface area contributed by atoms with Crippen molar-refractivity contribution in [2.75, 3.05) is 5.43 Å². The van der Waals surface area contributed by atoms with Gasteiger partial charge in [-0.05, 0) is 37.1 Å². The number of rotatable bonds is 7. The van der Waals surface area contributed by atoms with E-state index in [4.69, 9.17) is 0 Å². The van der Waals surface area contributed by atoms with Gasteiger partial charge in [0.05, 0.1) is 16.9 Å². The van der Waals surface area contributed by atoms with Gasteiger partial charge in [-0.25, -0.2) is 0 Å². The maximum absolute atomic E-state index is 12.7. The number of para-hydroxylation sites is 1. The molecule has 0 radical (unpaired) electrons. The number of ketones is 1. The van der Waals surface area contributed by atoms with E-state index in [1.807, 2.05) is 49.4 Å². The second-order valence-electron chi connectivity index (χ2n) is 6.15. The lowest BCUT2D eigenvalue weighted by Gasteiger charge is -2.10. The molecule has 3 aromatic rings. The van der Waals surface area contributed by atoms with Gasteiger partial charge >= 0.3 is 0 Å². The Morgan fingerprint density at radius 2 is 1.85 bits per heavy atom. The van der Waals surface area contributed by atoms with E-state index in [1.54, 1.807) is 12.4 Å². The van der Waals surface area contributed by atoms with E-state index >= 15 is 0 Å². The number of aryl methyl sites for hydroxylation is 1. The van der Waals surface area contributed by atoms with Crippen molar-refractivity contribution in [3.8, 4) is 0 Å². The molecular formula is C21H22N4O. The highest BCUT2D eigenvalue weighted by molar-refractivity contribution is 6.46. The Bertz CT molecular complexity index is 944. The predicted octanol–water partition coefficient (Wildman–Crippen LogP) is 4.51. The van der Waals surface area contributed by atoms with Gasteiger partial charge in [0.1, 0.15) is 0 Å². The summed E-state index contributed by atoms with van der Waals surface area (Å²) in [4.78, 5) is 21.5. The van der Waals surface area contributed by atoms with Crippen molar-refractivity contribution < 1.29 is 4.79 Å². The fraction of sp³-hybridized carbons (Fsp3) is 0.238. The molecule has 0 saturated carbocycles. The Balaban J connectivity index is 1.98. The van der Waals surface area contributed by atoms with Gasteiger partial charge in [0.25, 0.3) is 0 Å². The van der Waals surface area contributed by atoms with Crippen LogP contribution in [0.2, 0.25) is 0 Å². The molecule has 0 saturated heterocycles. The summed E-state index contributed by atoms with van der Waals surface area (Å²) in [6, 6.07) is 13.5. The van der Waals surface area contributed by atoms with Crippen LogP contribution in [0.1, 0.15) is 37.4 Å². The Kier molecular flexibility index (Phi) is 5.69. The first-order valence-electron chi connectivity index (χ1n) is 8.83. The van der Waals surface area contributed by atoms with Crippen molar-refractivity contribution in [3.05, 3.63) is 66.1 Å². The van der Waals surface area contributed by atoms with Gasteiger partial charge in [-0.2, -0.15) is 5.10 Å². The number of hydrazone groups is 1. The number of nitrogens with zero attached hydrogens (tertiary/aromatic N) is 3. The zero-order valence-electron chi connectivity index (χ0n) is 15.1. The fourth-order valence-corrected chi connectivity index (χ4v) is 2.75. The van der Waals surface area contributed by atoms with Crippen LogP contribution in [0, 0.1) is 6.92 Å². The summed E-state index contributed by atoms with van der Waals surface area (Å²) in [5.41, 5.74) is 6.52. The molecule has 0 aliphatic carbocycles. The van der Waals surface area contributed by atoms with E-state index in [2.05, 4.69) is 27.4 Å². The number of fused-ring (bicyclic) bond motifs is 1. The number of hydrogen-bond acceptors (Lipinski definition) is 5. The molecule has 0 unspecified atom stereocenters. The molecule has 132 valence electrons. The van der Waals surface area contributed by atoms with Crippen molar-refractivity contribution in [2.24, 2.45) is 5.10 Å². The third-order valence-corrected chi connectivity index (χ3v) is 4.18. The molecule has 5 nitrogen and oxygen atoms in total. The normalized spacial score (nSPS) is 11.5. The second-order valence-corrected chi connectivity index (χ2v) is 6.15. The number of pyridine rings is 2. The number of aromatic nitrogens is 2. The van der Waals surface area contributed by atoms with Crippen LogP contribution in [0.3, 0.4) is 0 Å². The minimum Gasteiger partial charge on any atom is -0.292 e. The molecule has 26 heavy (non-hydrogen) atoms. The van der Waals surface area contributed by atoms with Gasteiger partial charge in [0.2, 0.25) is 0 Å². The molecule has 1 N–H and O–H groups in total. The van der Waals surface area contributed by atoms with Crippen LogP contribution in [0.15, 0.2) is 60.0 Å². The molecule has 2 aromatic heterocycles. The van der Waals surface area contributed by atoms with Gasteiger partial charge in [0, 0.05) is 24.2 Å². The van der Waals surface area contributed by atoms with Gasteiger partial charge in [-0.15, -0.1) is 0 Å². The van der Waals surface area contributed by atoms with Crippen LogP contribution >= 0.6 is 0 Å². The highest BCUT2D eigenvalue weighted by Gasteiger charge is 2.17. The number of hydrogen-bond donors (Lipinski definition) is 1. The van der Waals surface area contributed by atoms with Gasteiger partial charge in [-0.3, -0.25) is 20.2 Å². The number of carbonyl (C=O) groups excluding carboxylic acids is 1. The van der Waals surface area contributed by atoms with Crippen LogP contribution in [0.4, 0.5) is 5.69 Å². The maximum atomic E-state index is 12.7. The van der Waals surface area contributed by atoms with E-state index in [0.29, 0.717) is 17.8 Å². The van der Waals surface area contributed by atoms with Gasteiger partial charge < -0.3 is 0 Å². The quantitative estimate of drug-likeness (QED) is 0.505. The number of unbranched alkanes of at least 4 members (excludes halogenated alkanes) is 1. The summed E-state index contributed by atoms with van der Waals surface area (Å²) in [7, 11) is 0. The second kappa shape index (κ2) is 8.34.